The minimum absolute atomic E-state index is 0.143. The molecule has 1 aromatic heterocycles. The van der Waals surface area contributed by atoms with Gasteiger partial charge in [-0.25, -0.2) is 5.10 Å². The van der Waals surface area contributed by atoms with E-state index in [1.54, 1.807) is 6.92 Å². The maximum absolute atomic E-state index is 11.8. The fraction of sp³-hybridized carbons (Fsp3) is 0.500. The van der Waals surface area contributed by atoms with Gasteiger partial charge in [0, 0.05) is 17.8 Å². The van der Waals surface area contributed by atoms with Crippen molar-refractivity contribution < 1.29 is 17.9 Å². The molecule has 0 spiro atoms. The molecule has 0 unspecified atom stereocenters. The van der Waals surface area contributed by atoms with E-state index in [0.717, 1.165) is 0 Å². The van der Waals surface area contributed by atoms with Crippen molar-refractivity contribution in [3.8, 4) is 5.88 Å². The van der Waals surface area contributed by atoms with Crippen LogP contribution in [0, 0.1) is 0 Å². The van der Waals surface area contributed by atoms with Gasteiger partial charge < -0.3 is 4.74 Å². The highest BCUT2D eigenvalue weighted by atomic mass is 32.2. The number of halogens is 3. The molecule has 3 nitrogen and oxygen atoms in total. The third-order valence-electron chi connectivity index (χ3n) is 1.05. The lowest BCUT2D eigenvalue weighted by Gasteiger charge is -2.00. The number of nitrogens with zero attached hydrogens (tertiary/aromatic N) is 1. The molecule has 0 amide bonds. The molecule has 0 bridgehead atoms. The molecule has 0 aliphatic heterocycles. The largest absolute Gasteiger partial charge is 0.478 e. The Morgan fingerprint density at radius 1 is 1.62 bits per heavy atom. The molecule has 0 aliphatic carbocycles. The normalized spacial score (nSPS) is 11.7. The van der Waals surface area contributed by atoms with Gasteiger partial charge in [-0.2, -0.15) is 18.3 Å². The SMILES string of the molecule is CCOc1cc(SC(F)(F)F)n[nH]1. The van der Waals surface area contributed by atoms with Gasteiger partial charge in [-0.05, 0) is 6.92 Å². The lowest BCUT2D eigenvalue weighted by atomic mass is 10.7. The van der Waals surface area contributed by atoms with Crippen molar-refractivity contribution in [3.63, 3.8) is 0 Å². The molecule has 7 heteroatoms. The molecule has 1 rings (SSSR count). The standard InChI is InChI=1S/C6H7F3N2OS/c1-2-12-4-3-5(11-10-4)13-6(7,8)9/h3H,2H2,1H3,(H,10,11). The van der Waals surface area contributed by atoms with Crippen LogP contribution in [0.4, 0.5) is 13.2 Å². The zero-order valence-electron chi connectivity index (χ0n) is 6.68. The summed E-state index contributed by atoms with van der Waals surface area (Å²) < 4.78 is 40.3. The Kier molecular flexibility index (Phi) is 3.07. The van der Waals surface area contributed by atoms with Gasteiger partial charge in [-0.1, -0.05) is 0 Å². The first kappa shape index (κ1) is 10.2. The number of aromatic amines is 1. The summed E-state index contributed by atoms with van der Waals surface area (Å²) in [7, 11) is 0. The Balaban J connectivity index is 2.59. The smallest absolute Gasteiger partial charge is 0.447 e. The molecule has 0 atom stereocenters. The molecule has 13 heavy (non-hydrogen) atoms. The molecule has 74 valence electrons. The summed E-state index contributed by atoms with van der Waals surface area (Å²) in [6.07, 6.45) is 0. The second kappa shape index (κ2) is 3.91. The molecule has 1 aromatic rings. The Hall–Kier alpha value is -0.850. The van der Waals surface area contributed by atoms with Gasteiger partial charge in [0.2, 0.25) is 5.88 Å². The summed E-state index contributed by atoms with van der Waals surface area (Å²) in [5.74, 6) is 0.245. The van der Waals surface area contributed by atoms with Crippen LogP contribution in [-0.4, -0.2) is 22.3 Å². The van der Waals surface area contributed by atoms with E-state index in [1.165, 1.54) is 6.07 Å². The summed E-state index contributed by atoms with van der Waals surface area (Å²) in [6, 6.07) is 1.21. The second-order valence-electron chi connectivity index (χ2n) is 2.05. The Bertz CT molecular complexity index is 273. The average molecular weight is 212 g/mol. The van der Waals surface area contributed by atoms with Gasteiger partial charge in [0.15, 0.2) is 0 Å². The van der Waals surface area contributed by atoms with E-state index in [4.69, 9.17) is 4.74 Å². The Labute approximate surface area is 76.7 Å². The van der Waals surface area contributed by atoms with Crippen LogP contribution in [0.5, 0.6) is 5.88 Å². The number of thioether (sulfide) groups is 1. The Morgan fingerprint density at radius 3 is 2.85 bits per heavy atom. The van der Waals surface area contributed by atoms with Crippen molar-refractivity contribution in [2.24, 2.45) is 0 Å². The highest BCUT2D eigenvalue weighted by molar-refractivity contribution is 8.00. The summed E-state index contributed by atoms with van der Waals surface area (Å²) >= 11 is -0.275. The number of H-pyrrole nitrogens is 1. The molecule has 0 fully saturated rings. The first-order chi connectivity index (χ1) is 6.01. The van der Waals surface area contributed by atoms with Crippen LogP contribution in [0.3, 0.4) is 0 Å². The second-order valence-corrected chi connectivity index (χ2v) is 3.14. The van der Waals surface area contributed by atoms with Crippen LogP contribution >= 0.6 is 11.8 Å². The number of rotatable bonds is 3. The van der Waals surface area contributed by atoms with Crippen molar-refractivity contribution in [2.45, 2.75) is 17.5 Å². The van der Waals surface area contributed by atoms with Gasteiger partial charge in [-0.15, -0.1) is 0 Å². The molecular weight excluding hydrogens is 205 g/mol. The van der Waals surface area contributed by atoms with Crippen LogP contribution in [0.25, 0.3) is 0 Å². The van der Waals surface area contributed by atoms with Gasteiger partial charge in [0.05, 0.1) is 6.61 Å². The van der Waals surface area contributed by atoms with E-state index in [2.05, 4.69) is 10.2 Å². The van der Waals surface area contributed by atoms with Gasteiger partial charge in [0.1, 0.15) is 5.03 Å². The average Bonchev–Trinajstić information content (AvgIpc) is 2.33. The summed E-state index contributed by atoms with van der Waals surface area (Å²) in [6.45, 7) is 2.12. The van der Waals surface area contributed by atoms with Crippen LogP contribution in [0.15, 0.2) is 11.1 Å². The highest BCUT2D eigenvalue weighted by Gasteiger charge is 2.30. The van der Waals surface area contributed by atoms with Crippen molar-refractivity contribution >= 4 is 11.8 Å². The number of alkyl halides is 3. The van der Waals surface area contributed by atoms with Crippen LogP contribution in [0.1, 0.15) is 6.92 Å². The first-order valence-electron chi connectivity index (χ1n) is 3.45. The van der Waals surface area contributed by atoms with E-state index < -0.39 is 5.51 Å². The molecule has 0 aliphatic rings. The Morgan fingerprint density at radius 2 is 2.31 bits per heavy atom. The molecule has 0 radical (unpaired) electrons. The number of hydrogen-bond acceptors (Lipinski definition) is 3. The monoisotopic (exact) mass is 212 g/mol. The number of ether oxygens (including phenoxy) is 1. The molecule has 0 aromatic carbocycles. The molecular formula is C6H7F3N2OS. The first-order valence-corrected chi connectivity index (χ1v) is 4.27. The van der Waals surface area contributed by atoms with E-state index in [9.17, 15) is 13.2 Å². The quantitative estimate of drug-likeness (QED) is 0.782. The third kappa shape index (κ3) is 3.58. The maximum Gasteiger partial charge on any atom is 0.447 e. The topological polar surface area (TPSA) is 37.9 Å². The lowest BCUT2D eigenvalue weighted by molar-refractivity contribution is -0.0329. The molecule has 1 N–H and O–H groups in total. The minimum Gasteiger partial charge on any atom is -0.478 e. The number of nitrogens with one attached hydrogen (secondary N) is 1. The molecule has 0 saturated heterocycles. The van der Waals surface area contributed by atoms with Crippen molar-refractivity contribution in [2.75, 3.05) is 6.61 Å². The molecule has 0 saturated carbocycles. The zero-order valence-corrected chi connectivity index (χ0v) is 7.50. The van der Waals surface area contributed by atoms with Crippen LogP contribution in [0.2, 0.25) is 0 Å². The van der Waals surface area contributed by atoms with E-state index in [-0.39, 0.29) is 22.7 Å². The van der Waals surface area contributed by atoms with Crippen molar-refractivity contribution in [1.82, 2.24) is 10.2 Å². The van der Waals surface area contributed by atoms with E-state index >= 15 is 0 Å². The lowest BCUT2D eigenvalue weighted by Crippen LogP contribution is -1.98. The fourth-order valence-corrected chi connectivity index (χ4v) is 1.18. The number of aromatic nitrogens is 2. The summed E-state index contributed by atoms with van der Waals surface area (Å²) in [4.78, 5) is 0. The van der Waals surface area contributed by atoms with Gasteiger partial charge in [0.25, 0.3) is 0 Å². The summed E-state index contributed by atoms with van der Waals surface area (Å²) in [5, 5.41) is 5.61. The molecule has 1 heterocycles. The van der Waals surface area contributed by atoms with E-state index in [1.807, 2.05) is 0 Å². The summed E-state index contributed by atoms with van der Waals surface area (Å²) in [5.41, 5.74) is -4.31. The number of hydrogen-bond donors (Lipinski definition) is 1. The maximum atomic E-state index is 11.8. The van der Waals surface area contributed by atoms with Gasteiger partial charge in [-0.3, -0.25) is 0 Å². The fourth-order valence-electron chi connectivity index (χ4n) is 0.687. The third-order valence-corrected chi connectivity index (χ3v) is 1.70. The zero-order chi connectivity index (χ0) is 9.90. The van der Waals surface area contributed by atoms with E-state index in [0.29, 0.717) is 6.61 Å². The predicted octanol–water partition coefficient (Wildman–Crippen LogP) is 2.42. The van der Waals surface area contributed by atoms with Gasteiger partial charge >= 0.3 is 5.51 Å². The predicted molar refractivity (Wildman–Crippen MR) is 41.7 cm³/mol. The van der Waals surface area contributed by atoms with Crippen molar-refractivity contribution in [3.05, 3.63) is 6.07 Å². The van der Waals surface area contributed by atoms with Crippen molar-refractivity contribution in [1.29, 1.82) is 0 Å². The van der Waals surface area contributed by atoms with Crippen LogP contribution < -0.4 is 4.74 Å². The van der Waals surface area contributed by atoms with Crippen LogP contribution in [-0.2, 0) is 0 Å². The minimum atomic E-state index is -4.31. The highest BCUT2D eigenvalue weighted by Crippen LogP contribution is 2.36.